The highest BCUT2D eigenvalue weighted by Gasteiger charge is 2.48. The summed E-state index contributed by atoms with van der Waals surface area (Å²) in [6.45, 7) is 0.971. The van der Waals surface area contributed by atoms with Crippen LogP contribution in [-0.4, -0.2) is 41.7 Å². The van der Waals surface area contributed by atoms with Crippen LogP contribution in [-0.2, 0) is 23.9 Å². The van der Waals surface area contributed by atoms with Crippen molar-refractivity contribution in [1.82, 2.24) is 10.2 Å². The number of rotatable bonds is 6. The van der Waals surface area contributed by atoms with Gasteiger partial charge in [0, 0.05) is 0 Å². The maximum absolute atomic E-state index is 12.5. The predicted octanol–water partition coefficient (Wildman–Crippen LogP) is 2.74. The molecule has 3 atom stereocenters. The molecule has 2 fully saturated rings. The Labute approximate surface area is 180 Å². The summed E-state index contributed by atoms with van der Waals surface area (Å²) in [5.41, 5.74) is 0.966. The van der Waals surface area contributed by atoms with E-state index in [2.05, 4.69) is 5.32 Å². The van der Waals surface area contributed by atoms with Gasteiger partial charge in [-0.05, 0) is 36.1 Å². The van der Waals surface area contributed by atoms with E-state index in [1.54, 1.807) is 0 Å². The van der Waals surface area contributed by atoms with Gasteiger partial charge in [-0.3, -0.25) is 24.1 Å². The molecule has 4 rings (SSSR count). The van der Waals surface area contributed by atoms with Crippen molar-refractivity contribution in [2.75, 3.05) is 13.2 Å². The van der Waals surface area contributed by atoms with Crippen molar-refractivity contribution in [2.45, 2.75) is 38.6 Å². The number of hydrogen-bond acceptors (Lipinski definition) is 5. The normalized spacial score (nSPS) is 21.6. The third kappa shape index (κ3) is 4.31. The molecule has 0 radical (unpaired) electrons. The second-order valence-corrected chi connectivity index (χ2v) is 8.28. The number of fused-ring (bicyclic) bond motifs is 2. The van der Waals surface area contributed by atoms with Crippen LogP contribution < -0.4 is 5.32 Å². The van der Waals surface area contributed by atoms with Gasteiger partial charge in [-0.2, -0.15) is 0 Å². The Morgan fingerprint density at radius 1 is 1.03 bits per heavy atom. The highest BCUT2D eigenvalue weighted by molar-refractivity contribution is 6.07. The zero-order chi connectivity index (χ0) is 22.0. The summed E-state index contributed by atoms with van der Waals surface area (Å²) >= 11 is 0. The van der Waals surface area contributed by atoms with E-state index in [1.165, 1.54) is 0 Å². The fourth-order valence-corrected chi connectivity index (χ4v) is 4.70. The molecule has 0 unspecified atom stereocenters. The summed E-state index contributed by atoms with van der Waals surface area (Å²) < 4.78 is 5.04. The summed E-state index contributed by atoms with van der Waals surface area (Å²) in [5.74, 6) is -2.39. The quantitative estimate of drug-likeness (QED) is 0.571. The number of ether oxygens (including phenoxy) is 1. The first-order valence-electron chi connectivity index (χ1n) is 10.7. The molecule has 7 nitrogen and oxygen atoms in total. The highest BCUT2D eigenvalue weighted by atomic mass is 16.5. The molecule has 1 aliphatic heterocycles. The topological polar surface area (TPSA) is 92.8 Å². The second-order valence-electron chi connectivity index (χ2n) is 8.28. The fourth-order valence-electron chi connectivity index (χ4n) is 4.70. The van der Waals surface area contributed by atoms with Gasteiger partial charge < -0.3 is 10.1 Å². The SMILES string of the molecule is C[C@H](NC(=O)COC(=O)CN1C(=O)[C@H]2CCCC[C@H]2C1=O)c1cccc2ccccc12. The van der Waals surface area contributed by atoms with E-state index in [0.29, 0.717) is 12.8 Å². The van der Waals surface area contributed by atoms with Crippen molar-refractivity contribution in [2.24, 2.45) is 11.8 Å². The molecule has 0 bridgehead atoms. The Bertz CT molecular complexity index is 1000. The van der Waals surface area contributed by atoms with Crippen LogP contribution >= 0.6 is 0 Å². The van der Waals surface area contributed by atoms with Gasteiger partial charge in [-0.15, -0.1) is 0 Å². The zero-order valence-corrected chi connectivity index (χ0v) is 17.5. The average Bonchev–Trinajstić information content (AvgIpc) is 3.02. The number of likely N-dealkylation sites (tertiary alicyclic amines) is 1. The molecule has 1 saturated heterocycles. The minimum Gasteiger partial charge on any atom is -0.454 e. The summed E-state index contributed by atoms with van der Waals surface area (Å²) in [6, 6.07) is 13.5. The van der Waals surface area contributed by atoms with Gasteiger partial charge >= 0.3 is 5.97 Å². The highest BCUT2D eigenvalue weighted by Crippen LogP contribution is 2.37. The number of nitrogens with one attached hydrogen (secondary N) is 1. The molecular weight excluding hydrogens is 396 g/mol. The van der Waals surface area contributed by atoms with Crippen molar-refractivity contribution >= 4 is 34.5 Å². The minimum absolute atomic E-state index is 0.276. The second kappa shape index (κ2) is 8.88. The van der Waals surface area contributed by atoms with Gasteiger partial charge in [0.15, 0.2) is 6.61 Å². The Balaban J connectivity index is 1.30. The smallest absolute Gasteiger partial charge is 0.326 e. The number of nitrogens with zero attached hydrogens (tertiary/aromatic N) is 1. The molecule has 1 heterocycles. The van der Waals surface area contributed by atoms with Crippen LogP contribution in [0.1, 0.15) is 44.2 Å². The monoisotopic (exact) mass is 422 g/mol. The molecule has 1 N–H and O–H groups in total. The maximum atomic E-state index is 12.5. The summed E-state index contributed by atoms with van der Waals surface area (Å²) in [7, 11) is 0. The first-order chi connectivity index (χ1) is 15.0. The van der Waals surface area contributed by atoms with Crippen molar-refractivity contribution in [3.63, 3.8) is 0 Å². The molecule has 2 aromatic rings. The molecule has 2 aliphatic rings. The average molecular weight is 422 g/mol. The molecule has 31 heavy (non-hydrogen) atoms. The van der Waals surface area contributed by atoms with Crippen LogP contribution in [0.2, 0.25) is 0 Å². The lowest BCUT2D eigenvalue weighted by atomic mass is 9.81. The Hall–Kier alpha value is -3.22. The van der Waals surface area contributed by atoms with Crippen molar-refractivity contribution < 1.29 is 23.9 Å². The first kappa shape index (κ1) is 21.0. The van der Waals surface area contributed by atoms with Gasteiger partial charge in [-0.25, -0.2) is 0 Å². The molecule has 1 saturated carbocycles. The van der Waals surface area contributed by atoms with Crippen LogP contribution in [0.3, 0.4) is 0 Å². The van der Waals surface area contributed by atoms with Crippen molar-refractivity contribution in [1.29, 1.82) is 0 Å². The number of hydrogen-bond donors (Lipinski definition) is 1. The fraction of sp³-hybridized carbons (Fsp3) is 0.417. The van der Waals surface area contributed by atoms with E-state index < -0.39 is 25.0 Å². The van der Waals surface area contributed by atoms with E-state index in [-0.39, 0.29) is 29.7 Å². The predicted molar refractivity (Wildman–Crippen MR) is 114 cm³/mol. The Morgan fingerprint density at radius 3 is 2.39 bits per heavy atom. The van der Waals surface area contributed by atoms with Gasteiger partial charge in [0.25, 0.3) is 5.91 Å². The number of carbonyl (C=O) groups excluding carboxylic acids is 4. The zero-order valence-electron chi connectivity index (χ0n) is 17.5. The van der Waals surface area contributed by atoms with E-state index in [1.807, 2.05) is 49.4 Å². The van der Waals surface area contributed by atoms with Crippen LogP contribution in [0, 0.1) is 11.8 Å². The van der Waals surface area contributed by atoms with Gasteiger partial charge in [0.05, 0.1) is 17.9 Å². The number of benzene rings is 2. The lowest BCUT2D eigenvalue weighted by Crippen LogP contribution is -2.38. The standard InChI is InChI=1S/C24H26N2O5/c1-15(17-12-6-8-16-7-2-3-9-18(16)17)25-21(27)14-31-22(28)13-26-23(29)19-10-4-5-11-20(19)24(26)30/h2-3,6-9,12,15,19-20H,4-5,10-11,13-14H2,1H3,(H,25,27)/t15-,19-,20+/m0/s1. The third-order valence-corrected chi connectivity index (χ3v) is 6.25. The lowest BCUT2D eigenvalue weighted by molar-refractivity contribution is -0.155. The Morgan fingerprint density at radius 2 is 1.68 bits per heavy atom. The minimum atomic E-state index is -0.756. The lowest BCUT2D eigenvalue weighted by Gasteiger charge is -2.19. The number of imide groups is 1. The van der Waals surface area contributed by atoms with Gasteiger partial charge in [0.1, 0.15) is 6.54 Å². The van der Waals surface area contributed by atoms with E-state index in [9.17, 15) is 19.2 Å². The maximum Gasteiger partial charge on any atom is 0.326 e. The van der Waals surface area contributed by atoms with Crippen LogP contribution in [0.5, 0.6) is 0 Å². The number of amides is 3. The first-order valence-corrected chi connectivity index (χ1v) is 10.7. The van der Waals surface area contributed by atoms with Gasteiger partial charge in [-0.1, -0.05) is 55.3 Å². The summed E-state index contributed by atoms with van der Waals surface area (Å²) in [4.78, 5) is 50.4. The number of esters is 1. The van der Waals surface area contributed by atoms with Crippen LogP contribution in [0.25, 0.3) is 10.8 Å². The molecule has 0 spiro atoms. The van der Waals surface area contributed by atoms with Crippen LogP contribution in [0.4, 0.5) is 0 Å². The Kier molecular flexibility index (Phi) is 6.02. The number of carbonyl (C=O) groups is 4. The van der Waals surface area contributed by atoms with E-state index >= 15 is 0 Å². The van der Waals surface area contributed by atoms with E-state index in [4.69, 9.17) is 4.74 Å². The van der Waals surface area contributed by atoms with Crippen molar-refractivity contribution in [3.05, 3.63) is 48.0 Å². The van der Waals surface area contributed by atoms with Crippen molar-refractivity contribution in [3.8, 4) is 0 Å². The molecule has 162 valence electrons. The molecule has 2 aromatic carbocycles. The third-order valence-electron chi connectivity index (χ3n) is 6.25. The molecule has 3 amide bonds. The molecular formula is C24H26N2O5. The summed E-state index contributed by atoms with van der Waals surface area (Å²) in [5, 5.41) is 4.95. The largest absolute Gasteiger partial charge is 0.454 e. The molecule has 0 aromatic heterocycles. The van der Waals surface area contributed by atoms with Gasteiger partial charge in [0.2, 0.25) is 11.8 Å². The summed E-state index contributed by atoms with van der Waals surface area (Å²) in [6.07, 6.45) is 3.23. The molecule has 7 heteroatoms. The van der Waals surface area contributed by atoms with E-state index in [0.717, 1.165) is 34.1 Å². The van der Waals surface area contributed by atoms with Crippen LogP contribution in [0.15, 0.2) is 42.5 Å². The molecule has 1 aliphatic carbocycles.